The minimum absolute atomic E-state index is 0.202. The molecular weight excluding hydrogens is 256 g/mol. The van der Waals surface area contributed by atoms with Crippen LogP contribution in [0.25, 0.3) is 0 Å². The first-order valence-corrected chi connectivity index (χ1v) is 6.80. The first-order chi connectivity index (χ1) is 8.28. The van der Waals surface area contributed by atoms with Crippen molar-refractivity contribution < 1.29 is 22.5 Å². The van der Waals surface area contributed by atoms with Crippen molar-refractivity contribution in [2.24, 2.45) is 0 Å². The molecule has 0 unspecified atom stereocenters. The van der Waals surface area contributed by atoms with Crippen molar-refractivity contribution in [3.63, 3.8) is 0 Å². The average molecular weight is 270 g/mol. The fourth-order valence-corrected chi connectivity index (χ4v) is 1.66. The van der Waals surface area contributed by atoms with Gasteiger partial charge in [0.15, 0.2) is 0 Å². The van der Waals surface area contributed by atoms with E-state index in [2.05, 4.69) is 6.58 Å². The maximum atomic E-state index is 11.2. The van der Waals surface area contributed by atoms with Gasteiger partial charge in [0, 0.05) is 5.57 Å². The number of esters is 1. The molecule has 1 aromatic carbocycles. The van der Waals surface area contributed by atoms with Gasteiger partial charge >= 0.3 is 5.97 Å². The summed E-state index contributed by atoms with van der Waals surface area (Å²) in [6.45, 7) is 5.00. The molecule has 0 radical (unpaired) electrons. The molecule has 0 aliphatic heterocycles. The van der Waals surface area contributed by atoms with E-state index in [9.17, 15) is 13.2 Å². The van der Waals surface area contributed by atoms with Gasteiger partial charge in [0.25, 0.3) is 10.1 Å². The summed E-state index contributed by atoms with van der Waals surface area (Å²) in [7, 11) is -3.96. The van der Waals surface area contributed by atoms with Crippen molar-refractivity contribution in [2.75, 3.05) is 5.75 Å². The van der Waals surface area contributed by atoms with Crippen LogP contribution in [-0.4, -0.2) is 24.7 Å². The number of hydrogen-bond donors (Lipinski definition) is 1. The van der Waals surface area contributed by atoms with Crippen molar-refractivity contribution in [3.05, 3.63) is 42.0 Å². The average Bonchev–Trinajstić information content (AvgIpc) is 2.27. The minimum Gasteiger partial charge on any atom is -0.423 e. The summed E-state index contributed by atoms with van der Waals surface area (Å²) in [5.74, 6) is -0.489. The Balaban J connectivity index is 2.63. The van der Waals surface area contributed by atoms with Gasteiger partial charge < -0.3 is 4.74 Å². The van der Waals surface area contributed by atoms with E-state index < -0.39 is 16.1 Å². The Morgan fingerprint density at radius 1 is 1.33 bits per heavy atom. The molecular formula is C12H14O5S. The zero-order valence-electron chi connectivity index (χ0n) is 9.92. The van der Waals surface area contributed by atoms with Crippen LogP contribution >= 0.6 is 0 Å². The molecule has 0 aromatic heterocycles. The number of aryl methyl sites for hydroxylation is 1. The summed E-state index contributed by atoms with van der Waals surface area (Å²) in [5, 5.41) is 0. The van der Waals surface area contributed by atoms with E-state index in [-0.39, 0.29) is 12.2 Å². The second-order valence-electron chi connectivity index (χ2n) is 3.85. The molecule has 6 heteroatoms. The maximum Gasteiger partial charge on any atom is 0.338 e. The molecule has 0 atom stereocenters. The molecule has 0 spiro atoms. The van der Waals surface area contributed by atoms with Crippen LogP contribution < -0.4 is 4.74 Å². The zero-order chi connectivity index (χ0) is 13.8. The van der Waals surface area contributed by atoms with Crippen molar-refractivity contribution in [3.8, 4) is 5.75 Å². The summed E-state index contributed by atoms with van der Waals surface area (Å²) in [6.07, 6.45) is 0.202. The molecule has 0 fully saturated rings. The number of carbonyl (C=O) groups is 1. The number of benzene rings is 1. The van der Waals surface area contributed by atoms with Crippen molar-refractivity contribution >= 4 is 16.1 Å². The van der Waals surface area contributed by atoms with Crippen molar-refractivity contribution in [2.45, 2.75) is 13.3 Å². The second-order valence-corrected chi connectivity index (χ2v) is 5.42. The Morgan fingerprint density at radius 2 is 1.89 bits per heavy atom. The fourth-order valence-electron chi connectivity index (χ4n) is 1.17. The Kier molecular flexibility index (Phi) is 4.63. The van der Waals surface area contributed by atoms with E-state index in [1.54, 1.807) is 31.2 Å². The molecule has 0 bridgehead atoms. The van der Waals surface area contributed by atoms with Crippen LogP contribution in [0.1, 0.15) is 12.5 Å². The smallest absolute Gasteiger partial charge is 0.338 e. The second kappa shape index (κ2) is 5.79. The normalized spacial score (nSPS) is 11.0. The summed E-state index contributed by atoms with van der Waals surface area (Å²) >= 11 is 0. The highest BCUT2D eigenvalue weighted by Gasteiger charge is 2.07. The first-order valence-electron chi connectivity index (χ1n) is 5.20. The Bertz CT molecular complexity index is 542. The van der Waals surface area contributed by atoms with Crippen LogP contribution in [0.4, 0.5) is 0 Å². The summed E-state index contributed by atoms with van der Waals surface area (Å²) in [6, 6.07) is 6.37. The Hall–Kier alpha value is -1.66. The molecule has 0 heterocycles. The van der Waals surface area contributed by atoms with E-state index in [1.165, 1.54) is 0 Å². The number of ether oxygens (including phenoxy) is 1. The molecule has 0 aliphatic carbocycles. The molecule has 1 N–H and O–H groups in total. The maximum absolute atomic E-state index is 11.2. The standard InChI is InChI=1S/C12H14O5S/c1-9(2)12(13)17-11-5-3-10(4-6-11)7-8-18(14,15)16/h3-6H,1,7-8H2,2H3,(H,14,15,16). The van der Waals surface area contributed by atoms with Crippen LogP contribution in [0, 0.1) is 0 Å². The van der Waals surface area contributed by atoms with Crippen molar-refractivity contribution in [1.82, 2.24) is 0 Å². The van der Waals surface area contributed by atoms with Gasteiger partial charge in [-0.3, -0.25) is 4.55 Å². The lowest BCUT2D eigenvalue weighted by Crippen LogP contribution is -2.08. The first kappa shape index (κ1) is 14.4. The highest BCUT2D eigenvalue weighted by molar-refractivity contribution is 7.85. The quantitative estimate of drug-likeness (QED) is 0.380. The van der Waals surface area contributed by atoms with E-state index in [1.807, 2.05) is 0 Å². The fraction of sp³-hybridized carbons (Fsp3) is 0.250. The van der Waals surface area contributed by atoms with Crippen LogP contribution in [0.3, 0.4) is 0 Å². The van der Waals surface area contributed by atoms with Crippen LogP contribution in [0.15, 0.2) is 36.4 Å². The van der Waals surface area contributed by atoms with Gasteiger partial charge in [-0.2, -0.15) is 8.42 Å². The molecule has 5 nitrogen and oxygen atoms in total. The molecule has 1 aromatic rings. The molecule has 0 saturated heterocycles. The zero-order valence-corrected chi connectivity index (χ0v) is 10.7. The predicted molar refractivity (Wildman–Crippen MR) is 67.0 cm³/mol. The van der Waals surface area contributed by atoms with Gasteiger partial charge in [-0.15, -0.1) is 0 Å². The predicted octanol–water partition coefficient (Wildman–Crippen LogP) is 1.60. The molecule has 0 amide bonds. The lowest BCUT2D eigenvalue weighted by Gasteiger charge is -2.05. The highest BCUT2D eigenvalue weighted by atomic mass is 32.2. The number of hydrogen-bond acceptors (Lipinski definition) is 4. The topological polar surface area (TPSA) is 80.7 Å². The van der Waals surface area contributed by atoms with Gasteiger partial charge in [0.1, 0.15) is 5.75 Å². The largest absolute Gasteiger partial charge is 0.423 e. The molecule has 98 valence electrons. The van der Waals surface area contributed by atoms with E-state index in [4.69, 9.17) is 9.29 Å². The van der Waals surface area contributed by atoms with Crippen LogP contribution in [0.5, 0.6) is 5.75 Å². The van der Waals surface area contributed by atoms with Gasteiger partial charge in [-0.25, -0.2) is 4.79 Å². The molecule has 0 saturated carbocycles. The van der Waals surface area contributed by atoms with E-state index in [0.717, 1.165) is 5.56 Å². The minimum atomic E-state index is -3.96. The van der Waals surface area contributed by atoms with Gasteiger partial charge in [0.2, 0.25) is 0 Å². The lowest BCUT2D eigenvalue weighted by atomic mass is 10.2. The number of rotatable bonds is 5. The van der Waals surface area contributed by atoms with Gasteiger partial charge in [-0.05, 0) is 31.0 Å². The Labute approximate surface area is 106 Å². The van der Waals surface area contributed by atoms with Gasteiger partial charge in [0.05, 0.1) is 5.75 Å². The SMILES string of the molecule is C=C(C)C(=O)Oc1ccc(CCS(=O)(=O)O)cc1. The highest BCUT2D eigenvalue weighted by Crippen LogP contribution is 2.14. The van der Waals surface area contributed by atoms with Gasteiger partial charge in [-0.1, -0.05) is 18.7 Å². The third-order valence-electron chi connectivity index (χ3n) is 2.13. The van der Waals surface area contributed by atoms with Crippen molar-refractivity contribution in [1.29, 1.82) is 0 Å². The van der Waals surface area contributed by atoms with E-state index >= 15 is 0 Å². The monoisotopic (exact) mass is 270 g/mol. The third kappa shape index (κ3) is 5.11. The summed E-state index contributed by atoms with van der Waals surface area (Å²) < 4.78 is 34.7. The lowest BCUT2D eigenvalue weighted by molar-refractivity contribution is -0.130. The van der Waals surface area contributed by atoms with E-state index in [0.29, 0.717) is 11.3 Å². The van der Waals surface area contributed by atoms with Crippen LogP contribution in [0.2, 0.25) is 0 Å². The number of carbonyl (C=O) groups excluding carboxylic acids is 1. The third-order valence-corrected chi connectivity index (χ3v) is 2.85. The summed E-state index contributed by atoms with van der Waals surface area (Å²) in [4.78, 5) is 11.2. The molecule has 18 heavy (non-hydrogen) atoms. The molecule has 0 aliphatic rings. The van der Waals surface area contributed by atoms with Crippen LogP contribution in [-0.2, 0) is 21.3 Å². The Morgan fingerprint density at radius 3 is 2.33 bits per heavy atom. The summed E-state index contributed by atoms with van der Waals surface area (Å²) in [5.41, 5.74) is 1.02. The molecule has 1 rings (SSSR count).